The normalized spacial score (nSPS) is 12.1. The fourth-order valence-electron chi connectivity index (χ4n) is 2.21. The number of rotatable bonds is 4. The van der Waals surface area contributed by atoms with Crippen molar-refractivity contribution in [3.05, 3.63) is 71.9 Å². The van der Waals surface area contributed by atoms with Crippen LogP contribution in [0.2, 0.25) is 0 Å². The highest BCUT2D eigenvalue weighted by Crippen LogP contribution is 2.34. The fourth-order valence-corrected chi connectivity index (χ4v) is 3.24. The molecule has 5 heteroatoms. The lowest BCUT2D eigenvalue weighted by Crippen LogP contribution is -1.96. The van der Waals surface area contributed by atoms with Gasteiger partial charge in [-0.3, -0.25) is 4.98 Å². The Hall–Kier alpha value is -2.27. The summed E-state index contributed by atoms with van der Waals surface area (Å²) in [5, 5.41) is 1.07. The van der Waals surface area contributed by atoms with Crippen LogP contribution in [0.1, 0.15) is 23.4 Å². The number of hydrogen-bond acceptors (Lipinski definition) is 4. The van der Waals surface area contributed by atoms with Crippen LogP contribution in [0.5, 0.6) is 0 Å². The van der Waals surface area contributed by atoms with Crippen LogP contribution in [0.3, 0.4) is 0 Å². The molecule has 116 valence electrons. The number of hydrogen-bond donors (Lipinski definition) is 0. The highest BCUT2D eigenvalue weighted by atomic mass is 32.2. The van der Waals surface area contributed by atoms with Crippen molar-refractivity contribution in [1.82, 2.24) is 15.0 Å². The van der Waals surface area contributed by atoms with Crippen molar-refractivity contribution >= 4 is 11.8 Å². The lowest BCUT2D eigenvalue weighted by atomic mass is 10.2. The highest BCUT2D eigenvalue weighted by molar-refractivity contribution is 7.99. The zero-order chi connectivity index (χ0) is 16.2. The molecule has 0 aliphatic heterocycles. The molecule has 2 aromatic heterocycles. The van der Waals surface area contributed by atoms with E-state index in [1.54, 1.807) is 24.2 Å². The van der Waals surface area contributed by atoms with E-state index in [2.05, 4.69) is 21.9 Å². The van der Waals surface area contributed by atoms with Gasteiger partial charge in [0.2, 0.25) is 0 Å². The molecule has 23 heavy (non-hydrogen) atoms. The molecule has 3 nitrogen and oxygen atoms in total. The third kappa shape index (κ3) is 3.93. The quantitative estimate of drug-likeness (QED) is 0.508. The number of benzene rings is 1. The first kappa shape index (κ1) is 15.6. The number of thioether (sulfide) groups is 1. The predicted molar refractivity (Wildman–Crippen MR) is 90.7 cm³/mol. The SMILES string of the molecule is Cc1cc(SC(C)c2ccc(F)cc2)nc(-c2cccnc2)n1. The zero-order valence-electron chi connectivity index (χ0n) is 12.9. The van der Waals surface area contributed by atoms with Gasteiger partial charge in [-0.25, -0.2) is 14.4 Å². The molecule has 0 N–H and O–H groups in total. The Morgan fingerprint density at radius 2 is 1.87 bits per heavy atom. The number of aromatic nitrogens is 3. The average molecular weight is 325 g/mol. The Morgan fingerprint density at radius 3 is 2.57 bits per heavy atom. The molecular weight excluding hydrogens is 309 g/mol. The van der Waals surface area contributed by atoms with Crippen LogP contribution in [0.15, 0.2) is 59.9 Å². The van der Waals surface area contributed by atoms with Crippen LogP contribution in [-0.4, -0.2) is 15.0 Å². The number of aryl methyl sites for hydroxylation is 1. The zero-order valence-corrected chi connectivity index (χ0v) is 13.7. The standard InChI is InChI=1S/C18H16FN3S/c1-12-10-17(22-18(21-12)15-4-3-9-20-11-15)23-13(2)14-5-7-16(19)8-6-14/h3-11,13H,1-2H3. The smallest absolute Gasteiger partial charge is 0.162 e. The monoisotopic (exact) mass is 325 g/mol. The van der Waals surface area contributed by atoms with E-state index < -0.39 is 0 Å². The first-order chi connectivity index (χ1) is 11.1. The van der Waals surface area contributed by atoms with Gasteiger partial charge < -0.3 is 0 Å². The first-order valence-electron chi connectivity index (χ1n) is 7.30. The summed E-state index contributed by atoms with van der Waals surface area (Å²) in [7, 11) is 0. The molecule has 0 radical (unpaired) electrons. The molecule has 0 aliphatic carbocycles. The summed E-state index contributed by atoms with van der Waals surface area (Å²) in [6.07, 6.45) is 3.48. The van der Waals surface area contributed by atoms with Crippen molar-refractivity contribution in [3.8, 4) is 11.4 Å². The molecule has 3 aromatic rings. The number of pyridine rings is 1. The van der Waals surface area contributed by atoms with Gasteiger partial charge in [-0.2, -0.15) is 0 Å². The molecular formula is C18H16FN3S. The molecule has 0 amide bonds. The lowest BCUT2D eigenvalue weighted by molar-refractivity contribution is 0.627. The first-order valence-corrected chi connectivity index (χ1v) is 8.18. The summed E-state index contributed by atoms with van der Waals surface area (Å²) in [6, 6.07) is 12.4. The van der Waals surface area contributed by atoms with Gasteiger partial charge in [0.25, 0.3) is 0 Å². The average Bonchev–Trinajstić information content (AvgIpc) is 2.55. The summed E-state index contributed by atoms with van der Waals surface area (Å²) < 4.78 is 13.0. The van der Waals surface area contributed by atoms with Crippen molar-refractivity contribution < 1.29 is 4.39 Å². The maximum absolute atomic E-state index is 13.0. The second-order valence-corrected chi connectivity index (χ2v) is 6.59. The molecule has 1 atom stereocenters. The van der Waals surface area contributed by atoms with Crippen molar-refractivity contribution in [1.29, 1.82) is 0 Å². The van der Waals surface area contributed by atoms with Crippen molar-refractivity contribution in [2.75, 3.05) is 0 Å². The molecule has 2 heterocycles. The molecule has 1 unspecified atom stereocenters. The maximum Gasteiger partial charge on any atom is 0.162 e. The molecule has 3 rings (SSSR count). The van der Waals surface area contributed by atoms with E-state index in [1.165, 1.54) is 12.1 Å². The van der Waals surface area contributed by atoms with Crippen LogP contribution in [0.25, 0.3) is 11.4 Å². The fraction of sp³-hybridized carbons (Fsp3) is 0.167. The van der Waals surface area contributed by atoms with Crippen LogP contribution < -0.4 is 0 Å². The third-order valence-corrected chi connectivity index (χ3v) is 4.46. The summed E-state index contributed by atoms with van der Waals surface area (Å²) in [6.45, 7) is 4.03. The second-order valence-electron chi connectivity index (χ2n) is 5.22. The van der Waals surface area contributed by atoms with Gasteiger partial charge in [-0.05, 0) is 49.7 Å². The highest BCUT2D eigenvalue weighted by Gasteiger charge is 2.11. The summed E-state index contributed by atoms with van der Waals surface area (Å²) in [5.74, 6) is 0.453. The second kappa shape index (κ2) is 6.87. The minimum atomic E-state index is -0.220. The Bertz CT molecular complexity index is 791. The Balaban J connectivity index is 1.85. The van der Waals surface area contributed by atoms with E-state index in [0.29, 0.717) is 5.82 Å². The van der Waals surface area contributed by atoms with Crippen LogP contribution in [0, 0.1) is 12.7 Å². The van der Waals surface area contributed by atoms with E-state index in [0.717, 1.165) is 21.8 Å². The summed E-state index contributed by atoms with van der Waals surface area (Å²) >= 11 is 1.63. The van der Waals surface area contributed by atoms with E-state index in [1.807, 2.05) is 37.3 Å². The van der Waals surface area contributed by atoms with Gasteiger partial charge >= 0.3 is 0 Å². The number of halogens is 1. The molecule has 0 spiro atoms. The van der Waals surface area contributed by atoms with Crippen LogP contribution in [-0.2, 0) is 0 Å². The van der Waals surface area contributed by atoms with Crippen molar-refractivity contribution in [2.24, 2.45) is 0 Å². The van der Waals surface area contributed by atoms with E-state index >= 15 is 0 Å². The number of nitrogens with zero attached hydrogens (tertiary/aromatic N) is 3. The van der Waals surface area contributed by atoms with Gasteiger partial charge in [0.1, 0.15) is 10.8 Å². The Morgan fingerprint density at radius 1 is 1.09 bits per heavy atom. The molecule has 0 saturated heterocycles. The molecule has 1 aromatic carbocycles. The maximum atomic E-state index is 13.0. The van der Waals surface area contributed by atoms with Crippen LogP contribution >= 0.6 is 11.8 Å². The van der Waals surface area contributed by atoms with Gasteiger partial charge in [0.15, 0.2) is 5.82 Å². The summed E-state index contributed by atoms with van der Waals surface area (Å²) in [5.41, 5.74) is 2.87. The third-order valence-electron chi connectivity index (χ3n) is 3.39. The summed E-state index contributed by atoms with van der Waals surface area (Å²) in [4.78, 5) is 13.2. The molecule has 0 bridgehead atoms. The molecule has 0 saturated carbocycles. The Labute approximate surface area is 139 Å². The minimum Gasteiger partial charge on any atom is -0.264 e. The topological polar surface area (TPSA) is 38.7 Å². The van der Waals surface area contributed by atoms with Crippen molar-refractivity contribution in [2.45, 2.75) is 24.1 Å². The van der Waals surface area contributed by atoms with Gasteiger partial charge in [0.05, 0.1) is 0 Å². The molecule has 0 fully saturated rings. The van der Waals surface area contributed by atoms with E-state index in [4.69, 9.17) is 0 Å². The Kier molecular flexibility index (Phi) is 4.67. The largest absolute Gasteiger partial charge is 0.264 e. The van der Waals surface area contributed by atoms with Crippen molar-refractivity contribution in [3.63, 3.8) is 0 Å². The predicted octanol–water partition coefficient (Wildman–Crippen LogP) is 4.84. The van der Waals surface area contributed by atoms with Crippen LogP contribution in [0.4, 0.5) is 4.39 Å². The molecule has 0 aliphatic rings. The minimum absolute atomic E-state index is 0.173. The van der Waals surface area contributed by atoms with Gasteiger partial charge in [-0.15, -0.1) is 0 Å². The van der Waals surface area contributed by atoms with E-state index in [9.17, 15) is 4.39 Å². The van der Waals surface area contributed by atoms with Gasteiger partial charge in [-0.1, -0.05) is 23.9 Å². The van der Waals surface area contributed by atoms with Gasteiger partial charge in [0, 0.05) is 28.9 Å². The van der Waals surface area contributed by atoms with E-state index in [-0.39, 0.29) is 11.1 Å². The lowest BCUT2D eigenvalue weighted by Gasteiger charge is -2.12.